The fourth-order valence-corrected chi connectivity index (χ4v) is 1.80. The van der Waals surface area contributed by atoms with Gasteiger partial charge in [0.2, 0.25) is 0 Å². The molecule has 0 spiro atoms. The molecule has 0 aliphatic heterocycles. The molecule has 0 bridgehead atoms. The van der Waals surface area contributed by atoms with E-state index >= 15 is 0 Å². The molecule has 0 saturated heterocycles. The lowest BCUT2D eigenvalue weighted by Crippen LogP contribution is -1.98. The van der Waals surface area contributed by atoms with Gasteiger partial charge >= 0.3 is 0 Å². The molecule has 0 aliphatic rings. The number of carbonyl (C=O) groups excluding carboxylic acids is 1. The molecule has 0 aromatic heterocycles. The second kappa shape index (κ2) is 3.84. The molecule has 0 heterocycles. The Morgan fingerprint density at radius 2 is 1.85 bits per heavy atom. The van der Waals surface area contributed by atoms with Crippen molar-refractivity contribution in [2.24, 2.45) is 0 Å². The van der Waals surface area contributed by atoms with Crippen molar-refractivity contribution in [2.75, 3.05) is 0 Å². The zero-order chi connectivity index (χ0) is 10.2. The minimum absolute atomic E-state index is 0.0716. The van der Waals surface area contributed by atoms with E-state index in [1.165, 1.54) is 6.92 Å². The highest BCUT2D eigenvalue weighted by atomic mass is 79.9. The summed E-state index contributed by atoms with van der Waals surface area (Å²) in [6.45, 7) is 1.28. The standard InChI is InChI=1S/C8H4Br2F2O/c1-3(13)4-2-5(11)8(12)7(10)6(4)9/h2H,1H3. The highest BCUT2D eigenvalue weighted by Gasteiger charge is 2.16. The van der Waals surface area contributed by atoms with Crippen LogP contribution in [0.15, 0.2) is 15.0 Å². The Bertz CT molecular complexity index is 377. The first kappa shape index (κ1) is 10.8. The van der Waals surface area contributed by atoms with Crippen LogP contribution >= 0.6 is 31.9 Å². The van der Waals surface area contributed by atoms with E-state index in [9.17, 15) is 13.6 Å². The molecule has 1 nitrogen and oxygen atoms in total. The van der Waals surface area contributed by atoms with Crippen molar-refractivity contribution in [3.05, 3.63) is 32.2 Å². The predicted molar refractivity (Wildman–Crippen MR) is 51.8 cm³/mol. The van der Waals surface area contributed by atoms with Gasteiger partial charge in [-0.05, 0) is 44.8 Å². The van der Waals surface area contributed by atoms with Crippen molar-refractivity contribution in [1.29, 1.82) is 0 Å². The second-order valence-electron chi connectivity index (χ2n) is 2.40. The summed E-state index contributed by atoms with van der Waals surface area (Å²) in [5.41, 5.74) is 0.116. The lowest BCUT2D eigenvalue weighted by Gasteiger charge is -2.04. The number of hydrogen-bond acceptors (Lipinski definition) is 1. The second-order valence-corrected chi connectivity index (χ2v) is 3.99. The number of Topliss-reactive ketones (excluding diaryl/α,β-unsaturated/α-hetero) is 1. The van der Waals surface area contributed by atoms with Crippen molar-refractivity contribution in [2.45, 2.75) is 6.92 Å². The maximum atomic E-state index is 12.9. The van der Waals surface area contributed by atoms with E-state index in [4.69, 9.17) is 0 Å². The number of benzene rings is 1. The summed E-state index contributed by atoms with van der Waals surface area (Å²) >= 11 is 5.83. The van der Waals surface area contributed by atoms with Crippen molar-refractivity contribution in [3.8, 4) is 0 Å². The topological polar surface area (TPSA) is 17.1 Å². The summed E-state index contributed by atoms with van der Waals surface area (Å²) in [4.78, 5) is 10.9. The normalized spacial score (nSPS) is 10.2. The van der Waals surface area contributed by atoms with Crippen LogP contribution in [0.25, 0.3) is 0 Å². The Morgan fingerprint density at radius 3 is 2.31 bits per heavy atom. The van der Waals surface area contributed by atoms with Gasteiger partial charge in [0.1, 0.15) is 0 Å². The van der Waals surface area contributed by atoms with E-state index in [0.717, 1.165) is 6.07 Å². The molecule has 0 unspecified atom stereocenters. The van der Waals surface area contributed by atoms with Crippen LogP contribution < -0.4 is 0 Å². The van der Waals surface area contributed by atoms with E-state index < -0.39 is 11.6 Å². The zero-order valence-electron chi connectivity index (χ0n) is 6.50. The van der Waals surface area contributed by atoms with Crippen LogP contribution in [0.5, 0.6) is 0 Å². The number of carbonyl (C=O) groups is 1. The summed E-state index contributed by atoms with van der Waals surface area (Å²) in [7, 11) is 0. The van der Waals surface area contributed by atoms with Gasteiger partial charge in [0.05, 0.1) is 4.47 Å². The van der Waals surface area contributed by atoms with Gasteiger partial charge < -0.3 is 0 Å². The fraction of sp³-hybridized carbons (Fsp3) is 0.125. The van der Waals surface area contributed by atoms with Gasteiger partial charge in [-0.3, -0.25) is 4.79 Å². The number of ketones is 1. The maximum absolute atomic E-state index is 12.9. The molecular weight excluding hydrogens is 310 g/mol. The lowest BCUT2D eigenvalue weighted by molar-refractivity contribution is 0.101. The predicted octanol–water partition coefficient (Wildman–Crippen LogP) is 3.69. The Hall–Kier alpha value is -0.290. The Labute approximate surface area is 90.4 Å². The summed E-state index contributed by atoms with van der Waals surface area (Å²) in [5, 5.41) is 0. The minimum atomic E-state index is -1.04. The fourth-order valence-electron chi connectivity index (χ4n) is 0.829. The molecule has 5 heteroatoms. The number of rotatable bonds is 1. The first-order valence-electron chi connectivity index (χ1n) is 3.29. The average Bonchev–Trinajstić information content (AvgIpc) is 2.07. The van der Waals surface area contributed by atoms with Gasteiger partial charge in [-0.25, -0.2) is 8.78 Å². The van der Waals surface area contributed by atoms with Gasteiger partial charge in [-0.1, -0.05) is 0 Å². The summed E-state index contributed by atoms with van der Waals surface area (Å²) < 4.78 is 25.8. The first-order chi connectivity index (χ1) is 5.95. The van der Waals surface area contributed by atoms with E-state index in [1.807, 2.05) is 0 Å². The molecule has 1 aromatic carbocycles. The third-order valence-electron chi connectivity index (χ3n) is 1.48. The smallest absolute Gasteiger partial charge is 0.174 e. The zero-order valence-corrected chi connectivity index (χ0v) is 9.67. The highest BCUT2D eigenvalue weighted by Crippen LogP contribution is 2.31. The van der Waals surface area contributed by atoms with E-state index in [2.05, 4.69) is 31.9 Å². The van der Waals surface area contributed by atoms with Crippen molar-refractivity contribution in [1.82, 2.24) is 0 Å². The molecule has 0 amide bonds. The quantitative estimate of drug-likeness (QED) is 0.439. The number of hydrogen-bond donors (Lipinski definition) is 0. The summed E-state index contributed by atoms with van der Waals surface area (Å²) in [6.07, 6.45) is 0. The van der Waals surface area contributed by atoms with E-state index in [-0.39, 0.29) is 20.3 Å². The maximum Gasteiger partial charge on any atom is 0.174 e. The van der Waals surface area contributed by atoms with Gasteiger partial charge in [0.25, 0.3) is 0 Å². The number of halogens is 4. The largest absolute Gasteiger partial charge is 0.294 e. The van der Waals surface area contributed by atoms with E-state index in [0.29, 0.717) is 0 Å². The molecule has 13 heavy (non-hydrogen) atoms. The molecular formula is C8H4Br2F2O. The van der Waals surface area contributed by atoms with Crippen LogP contribution in [0.3, 0.4) is 0 Å². The molecule has 0 N–H and O–H groups in total. The van der Waals surface area contributed by atoms with Crippen molar-refractivity contribution in [3.63, 3.8) is 0 Å². The summed E-state index contributed by atoms with van der Waals surface area (Å²) in [6, 6.07) is 0.868. The molecule has 0 atom stereocenters. The Morgan fingerprint density at radius 1 is 1.31 bits per heavy atom. The Balaban J connectivity index is 3.50. The van der Waals surface area contributed by atoms with Crippen LogP contribution in [-0.4, -0.2) is 5.78 Å². The van der Waals surface area contributed by atoms with Gasteiger partial charge in [-0.15, -0.1) is 0 Å². The van der Waals surface area contributed by atoms with Crippen molar-refractivity contribution < 1.29 is 13.6 Å². The molecule has 1 aromatic rings. The third kappa shape index (κ3) is 1.96. The SMILES string of the molecule is CC(=O)c1cc(F)c(F)c(Br)c1Br. The summed E-state index contributed by atoms with van der Waals surface area (Å²) in [5.74, 6) is -2.37. The van der Waals surface area contributed by atoms with Crippen molar-refractivity contribution >= 4 is 37.6 Å². The lowest BCUT2D eigenvalue weighted by atomic mass is 10.1. The van der Waals surface area contributed by atoms with Crippen LogP contribution in [0.4, 0.5) is 8.78 Å². The minimum Gasteiger partial charge on any atom is -0.294 e. The van der Waals surface area contributed by atoms with Crippen LogP contribution in [0.1, 0.15) is 17.3 Å². The molecule has 0 saturated carbocycles. The highest BCUT2D eigenvalue weighted by molar-refractivity contribution is 9.13. The monoisotopic (exact) mass is 312 g/mol. The Kier molecular flexibility index (Phi) is 3.18. The first-order valence-corrected chi connectivity index (χ1v) is 4.87. The average molecular weight is 314 g/mol. The molecule has 1 rings (SSSR count). The molecule has 0 aliphatic carbocycles. The molecule has 70 valence electrons. The molecule has 0 fully saturated rings. The molecule has 0 radical (unpaired) electrons. The van der Waals surface area contributed by atoms with Crippen LogP contribution in [0, 0.1) is 11.6 Å². The van der Waals surface area contributed by atoms with Gasteiger partial charge in [-0.2, -0.15) is 0 Å². The van der Waals surface area contributed by atoms with Crippen LogP contribution in [-0.2, 0) is 0 Å². The third-order valence-corrected chi connectivity index (χ3v) is 3.58. The van der Waals surface area contributed by atoms with E-state index in [1.54, 1.807) is 0 Å². The van der Waals surface area contributed by atoms with Crippen LogP contribution in [0.2, 0.25) is 0 Å². The van der Waals surface area contributed by atoms with Gasteiger partial charge in [0.15, 0.2) is 17.4 Å². The van der Waals surface area contributed by atoms with Gasteiger partial charge in [0, 0.05) is 10.0 Å².